The molecule has 0 radical (unpaired) electrons. The molecule has 142 valence electrons. The molecule has 1 aliphatic heterocycles. The third kappa shape index (κ3) is 4.51. The highest BCUT2D eigenvalue weighted by Gasteiger charge is 2.14. The Morgan fingerprint density at radius 2 is 2.08 bits per heavy atom. The average Bonchev–Trinajstić information content (AvgIpc) is 2.75. The quantitative estimate of drug-likeness (QED) is 0.403. The number of benzene rings is 1. The second-order valence-electron chi connectivity index (χ2n) is 5.74. The van der Waals surface area contributed by atoms with Crippen molar-refractivity contribution in [1.82, 2.24) is 9.78 Å². The zero-order valence-electron chi connectivity index (χ0n) is 15.1. The van der Waals surface area contributed by atoms with Gasteiger partial charge in [-0.15, -0.1) is 24.0 Å². The highest BCUT2D eigenvalue weighted by molar-refractivity contribution is 14.0. The van der Waals surface area contributed by atoms with Crippen LogP contribution in [0.15, 0.2) is 23.2 Å². The van der Waals surface area contributed by atoms with Gasteiger partial charge in [-0.05, 0) is 19.1 Å². The normalized spacial score (nSPS) is 13.6. The third-order valence-electron chi connectivity index (χ3n) is 3.91. The lowest BCUT2D eigenvalue weighted by atomic mass is 10.2. The minimum absolute atomic E-state index is 0. The summed E-state index contributed by atoms with van der Waals surface area (Å²) in [6, 6.07) is 5.61. The van der Waals surface area contributed by atoms with Gasteiger partial charge in [-0.3, -0.25) is 0 Å². The van der Waals surface area contributed by atoms with Crippen LogP contribution in [0.4, 0.5) is 5.69 Å². The molecule has 0 fully saturated rings. The van der Waals surface area contributed by atoms with Crippen LogP contribution >= 0.6 is 24.0 Å². The number of anilines is 1. The molecule has 0 amide bonds. The van der Waals surface area contributed by atoms with Crippen molar-refractivity contribution in [3.05, 3.63) is 29.5 Å². The number of nitrogens with one attached hydrogen (secondary N) is 1. The van der Waals surface area contributed by atoms with E-state index in [0.29, 0.717) is 37.3 Å². The van der Waals surface area contributed by atoms with Crippen LogP contribution in [0.25, 0.3) is 0 Å². The summed E-state index contributed by atoms with van der Waals surface area (Å²) in [7, 11) is 3.45. The highest BCUT2D eigenvalue weighted by Crippen LogP contribution is 2.32. The Morgan fingerprint density at radius 3 is 2.81 bits per heavy atom. The van der Waals surface area contributed by atoms with Gasteiger partial charge in [-0.1, -0.05) is 0 Å². The first-order chi connectivity index (χ1) is 12.1. The Balaban J connectivity index is 0.00000243. The number of hydrogen-bond acceptors (Lipinski definition) is 5. The molecular formula is C17H24IN5O3. The van der Waals surface area contributed by atoms with Crippen LogP contribution in [0.1, 0.15) is 17.7 Å². The van der Waals surface area contributed by atoms with Gasteiger partial charge in [0.05, 0.1) is 38.1 Å². The molecule has 0 saturated heterocycles. The average molecular weight is 473 g/mol. The molecule has 0 atom stereocenters. The lowest BCUT2D eigenvalue weighted by Gasteiger charge is -2.11. The topological polar surface area (TPSA) is 95.9 Å². The summed E-state index contributed by atoms with van der Waals surface area (Å²) in [5, 5.41) is 7.40. The number of aromatic nitrogens is 2. The molecule has 0 unspecified atom stereocenters. The van der Waals surface area contributed by atoms with Crippen LogP contribution in [0.5, 0.6) is 17.4 Å². The monoisotopic (exact) mass is 473 g/mol. The Hall–Kier alpha value is -2.17. The first-order valence-corrected chi connectivity index (χ1v) is 8.11. The molecule has 1 aromatic carbocycles. The molecule has 1 aromatic heterocycles. The van der Waals surface area contributed by atoms with Crippen molar-refractivity contribution >= 4 is 35.6 Å². The zero-order valence-corrected chi connectivity index (χ0v) is 17.4. The van der Waals surface area contributed by atoms with Crippen molar-refractivity contribution in [2.75, 3.05) is 25.6 Å². The zero-order chi connectivity index (χ0) is 17.8. The first kappa shape index (κ1) is 20.1. The summed E-state index contributed by atoms with van der Waals surface area (Å²) in [6.45, 7) is 3.60. The number of methoxy groups -OCH3 is 1. The molecule has 9 heteroatoms. The van der Waals surface area contributed by atoms with Gasteiger partial charge in [0.2, 0.25) is 5.88 Å². The Morgan fingerprint density at radius 1 is 1.35 bits per heavy atom. The van der Waals surface area contributed by atoms with Crippen LogP contribution < -0.4 is 25.3 Å². The maximum Gasteiger partial charge on any atom is 0.216 e. The molecule has 2 aromatic rings. The van der Waals surface area contributed by atoms with E-state index in [9.17, 15) is 0 Å². The summed E-state index contributed by atoms with van der Waals surface area (Å²) in [5.74, 6) is 2.44. The lowest BCUT2D eigenvalue weighted by Crippen LogP contribution is -2.22. The summed E-state index contributed by atoms with van der Waals surface area (Å²) in [5.41, 5.74) is 8.58. The largest absolute Gasteiger partial charge is 0.490 e. The number of nitrogens with zero attached hydrogens (tertiary/aromatic N) is 3. The van der Waals surface area contributed by atoms with Crippen LogP contribution in [0.3, 0.4) is 0 Å². The van der Waals surface area contributed by atoms with Gasteiger partial charge in [-0.25, -0.2) is 9.67 Å². The molecule has 8 nitrogen and oxygen atoms in total. The van der Waals surface area contributed by atoms with Crippen LogP contribution in [-0.4, -0.2) is 36.1 Å². The summed E-state index contributed by atoms with van der Waals surface area (Å²) < 4.78 is 18.3. The van der Waals surface area contributed by atoms with E-state index in [-0.39, 0.29) is 24.0 Å². The Kier molecular flexibility index (Phi) is 6.95. The van der Waals surface area contributed by atoms with Gasteiger partial charge >= 0.3 is 0 Å². The third-order valence-corrected chi connectivity index (χ3v) is 3.91. The van der Waals surface area contributed by atoms with Crippen molar-refractivity contribution in [2.45, 2.75) is 19.9 Å². The molecule has 3 N–H and O–H groups in total. The minimum Gasteiger partial charge on any atom is -0.490 e. The Labute approximate surface area is 169 Å². The van der Waals surface area contributed by atoms with E-state index in [1.165, 1.54) is 0 Å². The Bertz CT molecular complexity index is 791. The van der Waals surface area contributed by atoms with Gasteiger partial charge in [0.15, 0.2) is 17.5 Å². The molecule has 0 spiro atoms. The van der Waals surface area contributed by atoms with E-state index in [4.69, 9.17) is 19.9 Å². The van der Waals surface area contributed by atoms with Crippen LogP contribution in [0, 0.1) is 6.92 Å². The van der Waals surface area contributed by atoms with Gasteiger partial charge in [0, 0.05) is 25.2 Å². The van der Waals surface area contributed by atoms with E-state index in [2.05, 4.69) is 15.4 Å². The predicted molar refractivity (Wildman–Crippen MR) is 111 cm³/mol. The van der Waals surface area contributed by atoms with Crippen LogP contribution in [0.2, 0.25) is 0 Å². The fraction of sp³-hybridized carbons (Fsp3) is 0.412. The van der Waals surface area contributed by atoms with Gasteiger partial charge in [0.1, 0.15) is 0 Å². The highest BCUT2D eigenvalue weighted by atomic mass is 127. The van der Waals surface area contributed by atoms with E-state index >= 15 is 0 Å². The fourth-order valence-corrected chi connectivity index (χ4v) is 2.71. The molecule has 0 bridgehead atoms. The summed E-state index contributed by atoms with van der Waals surface area (Å²) >= 11 is 0. The van der Waals surface area contributed by atoms with E-state index in [0.717, 1.165) is 29.1 Å². The number of aliphatic imine (C=N–C) groups is 1. The molecule has 0 saturated carbocycles. The van der Waals surface area contributed by atoms with Gasteiger partial charge in [0.25, 0.3) is 0 Å². The number of ether oxygens (including phenoxy) is 3. The SMILES string of the molecule is COc1c(CN=C(N)Nc2ccc3c(c2)OCCCO3)c(C)nn1C.I. The maximum absolute atomic E-state index is 6.01. The molecule has 1 aliphatic rings. The number of fused-ring (bicyclic) bond motifs is 1. The molecule has 0 aliphatic carbocycles. The molecule has 26 heavy (non-hydrogen) atoms. The van der Waals surface area contributed by atoms with Crippen molar-refractivity contribution < 1.29 is 14.2 Å². The number of guanidine groups is 1. The van der Waals surface area contributed by atoms with E-state index in [1.807, 2.05) is 32.2 Å². The standard InChI is InChI=1S/C17H23N5O3.HI/c1-11-13(16(23-3)22(2)21-11)10-19-17(18)20-12-5-6-14-15(9-12)25-8-4-7-24-14;/h5-6,9H,4,7-8,10H2,1-3H3,(H3,18,19,20);1H. The second-order valence-corrected chi connectivity index (χ2v) is 5.74. The minimum atomic E-state index is 0. The van der Waals surface area contributed by atoms with Crippen molar-refractivity contribution in [1.29, 1.82) is 0 Å². The predicted octanol–water partition coefficient (Wildman–Crippen LogP) is 2.44. The van der Waals surface area contributed by atoms with Gasteiger partial charge < -0.3 is 25.3 Å². The van der Waals surface area contributed by atoms with Crippen molar-refractivity contribution in [2.24, 2.45) is 17.8 Å². The molecule has 2 heterocycles. The van der Waals surface area contributed by atoms with Gasteiger partial charge in [-0.2, -0.15) is 5.10 Å². The number of halogens is 1. The number of aryl methyl sites for hydroxylation is 2. The van der Waals surface area contributed by atoms with Crippen LogP contribution in [-0.2, 0) is 13.6 Å². The summed E-state index contributed by atoms with van der Waals surface area (Å²) in [4.78, 5) is 4.38. The first-order valence-electron chi connectivity index (χ1n) is 8.11. The number of rotatable bonds is 4. The van der Waals surface area contributed by atoms with E-state index in [1.54, 1.807) is 11.8 Å². The second kappa shape index (κ2) is 8.97. The van der Waals surface area contributed by atoms with Crippen molar-refractivity contribution in [3.8, 4) is 17.4 Å². The summed E-state index contributed by atoms with van der Waals surface area (Å²) in [6.07, 6.45) is 0.868. The number of nitrogens with two attached hydrogens (primary N) is 1. The van der Waals surface area contributed by atoms with E-state index < -0.39 is 0 Å². The lowest BCUT2D eigenvalue weighted by molar-refractivity contribution is 0.297. The smallest absolute Gasteiger partial charge is 0.216 e. The molecular weight excluding hydrogens is 449 g/mol. The maximum atomic E-state index is 6.01. The number of hydrogen-bond donors (Lipinski definition) is 2. The molecule has 3 rings (SSSR count). The fourth-order valence-electron chi connectivity index (χ4n) is 2.71. The van der Waals surface area contributed by atoms with Crippen molar-refractivity contribution in [3.63, 3.8) is 0 Å².